The Morgan fingerprint density at radius 3 is 2.77 bits per heavy atom. The van der Waals surface area contributed by atoms with E-state index < -0.39 is 0 Å². The quantitative estimate of drug-likeness (QED) is 0.913. The van der Waals surface area contributed by atoms with Crippen molar-refractivity contribution in [3.8, 4) is 0 Å². The van der Waals surface area contributed by atoms with Crippen molar-refractivity contribution in [2.75, 3.05) is 26.7 Å². The summed E-state index contributed by atoms with van der Waals surface area (Å²) >= 11 is 0. The Bertz CT molecular complexity index is 796. The van der Waals surface area contributed by atoms with Crippen molar-refractivity contribution in [2.24, 2.45) is 11.8 Å². The number of aromatic amines is 1. The fourth-order valence-electron chi connectivity index (χ4n) is 4.72. The summed E-state index contributed by atoms with van der Waals surface area (Å²) in [4.78, 5) is 19.0. The third-order valence-corrected chi connectivity index (χ3v) is 6.35. The fraction of sp³-hybridized carbons (Fsp3) is 0.500. The van der Waals surface area contributed by atoms with E-state index in [0.29, 0.717) is 11.7 Å². The minimum Gasteiger partial charge on any atom is -0.375 e. The lowest BCUT2D eigenvalue weighted by Gasteiger charge is -2.41. The van der Waals surface area contributed by atoms with Crippen molar-refractivity contribution < 1.29 is 9.53 Å². The summed E-state index contributed by atoms with van der Waals surface area (Å²) in [6.07, 6.45) is 2.15. The van der Waals surface area contributed by atoms with Crippen LogP contribution in [-0.2, 0) is 11.2 Å². The summed E-state index contributed by atoms with van der Waals surface area (Å²) < 4.78 is 5.75. The predicted octanol–water partition coefficient (Wildman–Crippen LogP) is 3.70. The zero-order valence-corrected chi connectivity index (χ0v) is 15.9. The summed E-state index contributed by atoms with van der Waals surface area (Å²) in [5.74, 6) is 0.941. The van der Waals surface area contributed by atoms with Gasteiger partial charge in [0.25, 0.3) is 0 Å². The van der Waals surface area contributed by atoms with Crippen LogP contribution in [0.2, 0.25) is 0 Å². The van der Waals surface area contributed by atoms with E-state index in [1.807, 2.05) is 6.07 Å². The minimum atomic E-state index is 0.0539. The Labute approximate surface area is 155 Å². The van der Waals surface area contributed by atoms with E-state index in [1.165, 1.54) is 11.3 Å². The van der Waals surface area contributed by atoms with Gasteiger partial charge in [-0.2, -0.15) is 0 Å². The second-order valence-electron chi connectivity index (χ2n) is 7.85. The van der Waals surface area contributed by atoms with Crippen LogP contribution in [-0.4, -0.2) is 42.4 Å². The molecular formula is C22H28N2O2. The van der Waals surface area contributed by atoms with Crippen molar-refractivity contribution in [1.29, 1.82) is 0 Å². The van der Waals surface area contributed by atoms with Gasteiger partial charge >= 0.3 is 0 Å². The molecule has 3 unspecified atom stereocenters. The average molecular weight is 352 g/mol. The van der Waals surface area contributed by atoms with Crippen LogP contribution in [0, 0.1) is 25.7 Å². The third kappa shape index (κ3) is 3.01. The molecule has 0 bridgehead atoms. The van der Waals surface area contributed by atoms with E-state index >= 15 is 0 Å². The van der Waals surface area contributed by atoms with Gasteiger partial charge in [0.1, 0.15) is 0 Å². The number of benzene rings is 1. The molecule has 1 N–H and O–H groups in total. The van der Waals surface area contributed by atoms with E-state index in [9.17, 15) is 4.79 Å². The van der Waals surface area contributed by atoms with Crippen molar-refractivity contribution >= 4 is 5.78 Å². The average Bonchev–Trinajstić information content (AvgIpc) is 2.95. The molecule has 0 radical (unpaired) electrons. The number of hydrogen-bond donors (Lipinski definition) is 1. The molecule has 2 aliphatic rings. The molecule has 0 saturated carbocycles. The third-order valence-electron chi connectivity index (χ3n) is 6.35. The fourth-order valence-corrected chi connectivity index (χ4v) is 4.72. The van der Waals surface area contributed by atoms with Crippen LogP contribution >= 0.6 is 0 Å². The molecule has 1 aliphatic carbocycles. The van der Waals surface area contributed by atoms with E-state index in [0.717, 1.165) is 49.3 Å². The van der Waals surface area contributed by atoms with Gasteiger partial charge < -0.3 is 9.72 Å². The molecule has 3 atom stereocenters. The lowest BCUT2D eigenvalue weighted by molar-refractivity contribution is 0.0307. The number of fused-ring (bicyclic) bond motifs is 2. The molecule has 1 aromatic heterocycles. The number of aryl methyl sites for hydroxylation is 1. The Hall–Kier alpha value is -1.91. The number of nitrogens with zero attached hydrogens (tertiary/aromatic N) is 1. The highest BCUT2D eigenvalue weighted by molar-refractivity contribution is 6.02. The number of carbonyl (C=O) groups excluding carboxylic acids is 1. The molecule has 1 fully saturated rings. The maximum atomic E-state index is 13.2. The first-order valence-corrected chi connectivity index (χ1v) is 9.60. The first-order chi connectivity index (χ1) is 12.6. The topological polar surface area (TPSA) is 45.3 Å². The monoisotopic (exact) mass is 352 g/mol. The van der Waals surface area contributed by atoms with E-state index in [-0.39, 0.29) is 12.0 Å². The van der Waals surface area contributed by atoms with Gasteiger partial charge in [-0.1, -0.05) is 30.3 Å². The number of ether oxygens (including phenoxy) is 1. The van der Waals surface area contributed by atoms with Crippen LogP contribution in [0.25, 0.3) is 0 Å². The zero-order chi connectivity index (χ0) is 18.3. The molecule has 0 amide bonds. The molecule has 4 rings (SSSR count). The van der Waals surface area contributed by atoms with Crippen LogP contribution in [0.4, 0.5) is 0 Å². The normalized spacial score (nSPS) is 24.2. The number of methoxy groups -OCH3 is 1. The number of nitrogens with one attached hydrogen (secondary N) is 1. The maximum Gasteiger partial charge on any atom is 0.169 e. The Balaban J connectivity index is 1.50. The Morgan fingerprint density at radius 2 is 2.04 bits per heavy atom. The molecule has 4 nitrogen and oxygen atoms in total. The van der Waals surface area contributed by atoms with Gasteiger partial charge in [-0.3, -0.25) is 9.69 Å². The van der Waals surface area contributed by atoms with Crippen LogP contribution in [0.1, 0.15) is 45.4 Å². The summed E-state index contributed by atoms with van der Waals surface area (Å²) in [5, 5.41) is 0. The number of rotatable bonds is 4. The second-order valence-corrected chi connectivity index (χ2v) is 7.85. The molecule has 2 heterocycles. The molecule has 1 aromatic carbocycles. The van der Waals surface area contributed by atoms with E-state index in [4.69, 9.17) is 4.74 Å². The predicted molar refractivity (Wildman–Crippen MR) is 103 cm³/mol. The molecule has 26 heavy (non-hydrogen) atoms. The largest absolute Gasteiger partial charge is 0.375 e. The smallest absolute Gasteiger partial charge is 0.169 e. The van der Waals surface area contributed by atoms with Crippen molar-refractivity contribution in [3.05, 3.63) is 58.4 Å². The number of H-pyrrole nitrogens is 1. The summed E-state index contributed by atoms with van der Waals surface area (Å²) in [6, 6.07) is 10.4. The first kappa shape index (κ1) is 17.5. The van der Waals surface area contributed by atoms with Crippen LogP contribution in [0.5, 0.6) is 0 Å². The Kier molecular flexibility index (Phi) is 4.72. The highest BCUT2D eigenvalue weighted by Gasteiger charge is 2.41. The lowest BCUT2D eigenvalue weighted by atomic mass is 9.73. The summed E-state index contributed by atoms with van der Waals surface area (Å²) in [5.41, 5.74) is 5.61. The standard InChI is InChI=1S/C22H28N2O2/c1-14-15(2)23-19-11-17-9-10-24(12-18(17)22(25)21(14)19)13-20(26-3)16-7-5-4-6-8-16/h4-8,17-18,20,23H,9-13H2,1-3H3. The first-order valence-electron chi connectivity index (χ1n) is 9.60. The van der Waals surface area contributed by atoms with Gasteiger partial charge in [0.05, 0.1) is 6.10 Å². The van der Waals surface area contributed by atoms with Gasteiger partial charge in [-0.15, -0.1) is 0 Å². The van der Waals surface area contributed by atoms with Crippen molar-refractivity contribution in [2.45, 2.75) is 32.8 Å². The number of aromatic nitrogens is 1. The molecular weight excluding hydrogens is 324 g/mol. The Morgan fingerprint density at radius 1 is 1.27 bits per heavy atom. The zero-order valence-electron chi connectivity index (χ0n) is 15.9. The summed E-state index contributed by atoms with van der Waals surface area (Å²) in [7, 11) is 1.77. The van der Waals surface area contributed by atoms with Crippen LogP contribution in [0.15, 0.2) is 30.3 Å². The summed E-state index contributed by atoms with van der Waals surface area (Å²) in [6.45, 7) is 6.86. The molecule has 1 aliphatic heterocycles. The highest BCUT2D eigenvalue weighted by Crippen LogP contribution is 2.38. The number of likely N-dealkylation sites (tertiary alicyclic amines) is 1. The molecule has 4 heteroatoms. The van der Waals surface area contributed by atoms with Gasteiger partial charge in [-0.25, -0.2) is 0 Å². The number of hydrogen-bond acceptors (Lipinski definition) is 3. The molecule has 138 valence electrons. The highest BCUT2D eigenvalue weighted by atomic mass is 16.5. The van der Waals surface area contributed by atoms with Crippen LogP contribution < -0.4 is 0 Å². The number of carbonyl (C=O) groups is 1. The molecule has 2 aromatic rings. The molecule has 0 spiro atoms. The second kappa shape index (κ2) is 7.01. The SMILES string of the molecule is COC(CN1CCC2Cc3[nH]c(C)c(C)c3C(=O)C2C1)c1ccccc1. The van der Waals surface area contributed by atoms with Gasteiger partial charge in [0.2, 0.25) is 0 Å². The lowest BCUT2D eigenvalue weighted by Crippen LogP contribution is -2.47. The number of Topliss-reactive ketones (excluding diaryl/α,β-unsaturated/α-hetero) is 1. The number of ketones is 1. The van der Waals surface area contributed by atoms with E-state index in [1.54, 1.807) is 7.11 Å². The van der Waals surface area contributed by atoms with Gasteiger partial charge in [-0.05, 0) is 50.3 Å². The molecule has 1 saturated heterocycles. The van der Waals surface area contributed by atoms with Crippen molar-refractivity contribution in [1.82, 2.24) is 9.88 Å². The van der Waals surface area contributed by atoms with Gasteiger partial charge in [0, 0.05) is 43.1 Å². The minimum absolute atomic E-state index is 0.0539. The number of piperidine rings is 1. The van der Waals surface area contributed by atoms with Gasteiger partial charge in [0.15, 0.2) is 5.78 Å². The maximum absolute atomic E-state index is 13.2. The van der Waals surface area contributed by atoms with E-state index in [2.05, 4.69) is 48.0 Å². The van der Waals surface area contributed by atoms with Crippen LogP contribution in [0.3, 0.4) is 0 Å². The van der Waals surface area contributed by atoms with Crippen molar-refractivity contribution in [3.63, 3.8) is 0 Å².